The van der Waals surface area contributed by atoms with Gasteiger partial charge in [0.1, 0.15) is 6.54 Å². The largest absolute Gasteiger partial charge is 0.362 e. The Kier molecular flexibility index (Phi) is 11.6. The van der Waals surface area contributed by atoms with Gasteiger partial charge in [0, 0.05) is 36.0 Å². The third-order valence-electron chi connectivity index (χ3n) is 7.08. The highest BCUT2D eigenvalue weighted by atomic mass is 32.2. The zero-order valence-electron chi connectivity index (χ0n) is 23.7. The monoisotopic (exact) mass is 653 g/mol. The van der Waals surface area contributed by atoms with E-state index in [0.29, 0.717) is 37.1 Å². The first-order valence-electron chi connectivity index (χ1n) is 13.6. The van der Waals surface area contributed by atoms with Crippen LogP contribution >= 0.6 is 0 Å². The van der Waals surface area contributed by atoms with Crippen LogP contribution in [0, 0.1) is 0 Å². The van der Waals surface area contributed by atoms with E-state index in [2.05, 4.69) is 5.32 Å². The standard InChI is InChI=1S/C29H36N2O9S3/c1-29(18-8-11-21-41(32,33)34)26-23-25(43(38,39)40)16-17-27(26)31(20-10-12-22-42(35,36)37)28(29)15-7-2-3-9-19-30-24-13-5-4-6-14-24/h2-7,9,13-17,19,23H,8,10-12,18,20-22H2,1H3,(H3,32,33,34,35,36,37,38,39,40)/p+1. The number of hydrogen-bond donors (Lipinski definition) is 4. The number of anilines is 1. The average Bonchev–Trinajstić information content (AvgIpc) is 3.14. The van der Waals surface area contributed by atoms with Crippen LogP contribution in [0.5, 0.6) is 0 Å². The number of benzene rings is 2. The summed E-state index contributed by atoms with van der Waals surface area (Å²) in [6.45, 7) is 2.23. The summed E-state index contributed by atoms with van der Waals surface area (Å²) in [5, 5.41) is 3.14. The lowest BCUT2D eigenvalue weighted by molar-refractivity contribution is -0.438. The van der Waals surface area contributed by atoms with Crippen LogP contribution in [-0.2, 0) is 35.8 Å². The molecule has 1 unspecified atom stereocenters. The molecule has 43 heavy (non-hydrogen) atoms. The molecule has 0 saturated heterocycles. The van der Waals surface area contributed by atoms with E-state index in [1.807, 2.05) is 60.1 Å². The third kappa shape index (κ3) is 10.5. The number of fused-ring (bicyclic) bond motifs is 1. The van der Waals surface area contributed by atoms with Gasteiger partial charge in [-0.3, -0.25) is 13.7 Å². The van der Waals surface area contributed by atoms with E-state index in [1.54, 1.807) is 24.4 Å². The van der Waals surface area contributed by atoms with Gasteiger partial charge < -0.3 is 5.32 Å². The highest BCUT2D eigenvalue weighted by molar-refractivity contribution is 7.86. The van der Waals surface area contributed by atoms with E-state index >= 15 is 0 Å². The second kappa shape index (κ2) is 14.6. The first kappa shape index (κ1) is 34.4. The van der Waals surface area contributed by atoms with Crippen LogP contribution < -0.4 is 5.32 Å². The molecule has 0 amide bonds. The van der Waals surface area contributed by atoms with Crippen molar-refractivity contribution in [3.05, 3.63) is 90.7 Å². The van der Waals surface area contributed by atoms with Gasteiger partial charge in [0.2, 0.25) is 5.69 Å². The van der Waals surface area contributed by atoms with Crippen LogP contribution in [0.1, 0.15) is 44.6 Å². The number of nitrogens with one attached hydrogen (secondary N) is 1. The van der Waals surface area contributed by atoms with Crippen molar-refractivity contribution in [2.24, 2.45) is 0 Å². The highest BCUT2D eigenvalue weighted by Gasteiger charge is 2.47. The van der Waals surface area contributed by atoms with E-state index in [9.17, 15) is 34.4 Å². The predicted octanol–water partition coefficient (Wildman–Crippen LogP) is 4.75. The van der Waals surface area contributed by atoms with Crippen molar-refractivity contribution in [1.82, 2.24) is 0 Å². The maximum atomic E-state index is 12.0. The number of unbranched alkanes of at least 4 members (excludes halogenated alkanes) is 2. The lowest BCUT2D eigenvalue weighted by atomic mass is 9.75. The quantitative estimate of drug-likeness (QED) is 0.0855. The first-order valence-corrected chi connectivity index (χ1v) is 18.2. The van der Waals surface area contributed by atoms with Gasteiger partial charge in [-0.1, -0.05) is 42.8 Å². The summed E-state index contributed by atoms with van der Waals surface area (Å²) < 4.78 is 99.0. The Morgan fingerprint density at radius 2 is 1.42 bits per heavy atom. The van der Waals surface area contributed by atoms with Crippen molar-refractivity contribution < 1.29 is 43.5 Å². The number of hydrogen-bond acceptors (Lipinski definition) is 7. The molecular weight excluding hydrogens is 617 g/mol. The summed E-state index contributed by atoms with van der Waals surface area (Å²) in [4.78, 5) is -0.289. The fourth-order valence-corrected chi connectivity index (χ4v) is 6.67. The molecule has 0 radical (unpaired) electrons. The summed E-state index contributed by atoms with van der Waals surface area (Å²) in [6, 6.07) is 13.9. The lowest BCUT2D eigenvalue weighted by Gasteiger charge is -2.22. The van der Waals surface area contributed by atoms with Crippen LogP contribution in [-0.4, -0.2) is 67.2 Å². The third-order valence-corrected chi connectivity index (χ3v) is 9.54. The molecule has 1 aliphatic rings. The Balaban J connectivity index is 1.96. The molecule has 0 bridgehead atoms. The minimum Gasteiger partial charge on any atom is -0.362 e. The van der Waals surface area contributed by atoms with Gasteiger partial charge in [-0.2, -0.15) is 29.8 Å². The van der Waals surface area contributed by atoms with Crippen LogP contribution in [0.15, 0.2) is 90.0 Å². The average molecular weight is 654 g/mol. The molecule has 11 nitrogen and oxygen atoms in total. The van der Waals surface area contributed by atoms with Gasteiger partial charge in [0.25, 0.3) is 30.4 Å². The molecule has 0 aromatic heterocycles. The topological polar surface area (TPSA) is 178 Å². The fraction of sp³-hybridized carbons (Fsp3) is 0.345. The second-order valence-corrected chi connectivity index (χ2v) is 14.9. The molecule has 0 spiro atoms. The minimum atomic E-state index is -4.52. The SMILES string of the molecule is CC1(CCCCS(=O)(=O)O)C(C=CC=CC=CNc2ccccc2)=[N+](CCCCS(=O)(=O)O)c2ccc(S(=O)(=O)O)cc21. The predicted molar refractivity (Wildman–Crippen MR) is 167 cm³/mol. The van der Waals surface area contributed by atoms with Crippen molar-refractivity contribution in [3.63, 3.8) is 0 Å². The number of rotatable bonds is 16. The molecule has 14 heteroatoms. The van der Waals surface area contributed by atoms with Crippen molar-refractivity contribution in [2.75, 3.05) is 23.4 Å². The van der Waals surface area contributed by atoms with E-state index in [-0.39, 0.29) is 17.7 Å². The molecule has 0 aliphatic carbocycles. The fourth-order valence-electron chi connectivity index (χ4n) is 5.02. The Morgan fingerprint density at radius 3 is 2.05 bits per heavy atom. The molecule has 1 heterocycles. The number of para-hydroxylation sites is 1. The van der Waals surface area contributed by atoms with Crippen LogP contribution in [0.25, 0.3) is 0 Å². The normalized spacial score (nSPS) is 17.9. The van der Waals surface area contributed by atoms with Crippen molar-refractivity contribution in [2.45, 2.75) is 49.3 Å². The summed E-state index contributed by atoms with van der Waals surface area (Å²) in [5.41, 5.74) is 2.12. The lowest BCUT2D eigenvalue weighted by Crippen LogP contribution is -2.31. The van der Waals surface area contributed by atoms with Crippen LogP contribution in [0.4, 0.5) is 11.4 Å². The van der Waals surface area contributed by atoms with Gasteiger partial charge in [-0.15, -0.1) is 0 Å². The molecule has 0 saturated carbocycles. The molecule has 234 valence electrons. The van der Waals surface area contributed by atoms with Gasteiger partial charge in [-0.25, -0.2) is 0 Å². The Morgan fingerprint density at radius 1 is 0.791 bits per heavy atom. The number of nitrogens with zero attached hydrogens (tertiary/aromatic N) is 1. The maximum absolute atomic E-state index is 12.0. The van der Waals surface area contributed by atoms with Crippen LogP contribution in [0.3, 0.4) is 0 Å². The molecule has 3 rings (SSSR count). The summed E-state index contributed by atoms with van der Waals surface area (Å²) >= 11 is 0. The number of allylic oxidation sites excluding steroid dienone is 5. The first-order chi connectivity index (χ1) is 20.1. The molecule has 4 N–H and O–H groups in total. The van der Waals surface area contributed by atoms with Crippen molar-refractivity contribution in [1.29, 1.82) is 0 Å². The zero-order valence-corrected chi connectivity index (χ0v) is 26.2. The maximum Gasteiger partial charge on any atom is 0.294 e. The van der Waals surface area contributed by atoms with Gasteiger partial charge in [-0.05, 0) is 56.5 Å². The zero-order chi connectivity index (χ0) is 31.7. The van der Waals surface area contributed by atoms with Gasteiger partial charge >= 0.3 is 0 Å². The summed E-state index contributed by atoms with van der Waals surface area (Å²) in [6.07, 6.45) is 12.4. The molecule has 1 atom stereocenters. The van der Waals surface area contributed by atoms with Gasteiger partial charge in [0.15, 0.2) is 5.71 Å². The second-order valence-electron chi connectivity index (χ2n) is 10.4. The molecule has 0 fully saturated rings. The van der Waals surface area contributed by atoms with Crippen LogP contribution in [0.2, 0.25) is 0 Å². The van der Waals surface area contributed by atoms with E-state index < -0.39 is 47.3 Å². The van der Waals surface area contributed by atoms with E-state index in [4.69, 9.17) is 4.55 Å². The smallest absolute Gasteiger partial charge is 0.294 e. The molecule has 2 aromatic carbocycles. The Hall–Kier alpha value is -3.14. The van der Waals surface area contributed by atoms with E-state index in [0.717, 1.165) is 11.4 Å². The Bertz CT molecular complexity index is 1730. The van der Waals surface area contributed by atoms with E-state index in [1.165, 1.54) is 12.1 Å². The Labute approximate surface area is 253 Å². The van der Waals surface area contributed by atoms with Crippen molar-refractivity contribution in [3.8, 4) is 0 Å². The molecular formula is C29H37N2O9S3+. The highest BCUT2D eigenvalue weighted by Crippen LogP contribution is 2.44. The minimum absolute atomic E-state index is 0.173. The summed E-state index contributed by atoms with van der Waals surface area (Å²) in [5.74, 6) is -0.822. The summed E-state index contributed by atoms with van der Waals surface area (Å²) in [7, 11) is -12.8. The van der Waals surface area contributed by atoms with Crippen molar-refractivity contribution >= 4 is 47.4 Å². The van der Waals surface area contributed by atoms with Gasteiger partial charge in [0.05, 0.1) is 21.8 Å². The molecule has 1 aliphatic heterocycles. The molecule has 2 aromatic rings.